The van der Waals surface area contributed by atoms with Gasteiger partial charge in [0, 0.05) is 6.54 Å². The highest BCUT2D eigenvalue weighted by atomic mass is 19.1. The molecule has 1 heterocycles. The number of carbonyl (C=O) groups is 2. The summed E-state index contributed by atoms with van der Waals surface area (Å²) in [4.78, 5) is 24.8. The van der Waals surface area contributed by atoms with Gasteiger partial charge in [-0.3, -0.25) is 4.79 Å². The molecule has 0 spiro atoms. The number of nitrogens with zero attached hydrogens (tertiary/aromatic N) is 1. The molecule has 5 nitrogen and oxygen atoms in total. The van der Waals surface area contributed by atoms with Crippen LogP contribution >= 0.6 is 0 Å². The van der Waals surface area contributed by atoms with E-state index in [0.29, 0.717) is 13.0 Å². The molecule has 104 valence electrons. The summed E-state index contributed by atoms with van der Waals surface area (Å²) in [6, 6.07) is -0.704. The third-order valence-electron chi connectivity index (χ3n) is 2.55. The van der Waals surface area contributed by atoms with Crippen LogP contribution in [0.2, 0.25) is 0 Å². The van der Waals surface area contributed by atoms with Gasteiger partial charge in [0.05, 0.1) is 6.54 Å². The molecule has 2 atom stereocenters. The monoisotopic (exact) mass is 260 g/mol. The summed E-state index contributed by atoms with van der Waals surface area (Å²) in [7, 11) is 0. The number of hydrogen-bond acceptors (Lipinski definition) is 3. The highest BCUT2D eigenvalue weighted by molar-refractivity contribution is 5.85. The van der Waals surface area contributed by atoms with E-state index in [4.69, 9.17) is 4.74 Å². The molecule has 0 bridgehead atoms. The van der Waals surface area contributed by atoms with Crippen molar-refractivity contribution in [2.75, 3.05) is 13.1 Å². The van der Waals surface area contributed by atoms with Crippen molar-refractivity contribution in [1.29, 1.82) is 0 Å². The number of likely N-dealkylation sites (tertiary alicyclic amines) is 1. The van der Waals surface area contributed by atoms with E-state index in [-0.39, 0.29) is 12.5 Å². The van der Waals surface area contributed by atoms with Gasteiger partial charge in [0.25, 0.3) is 0 Å². The van der Waals surface area contributed by atoms with Gasteiger partial charge >= 0.3 is 6.09 Å². The van der Waals surface area contributed by atoms with Crippen LogP contribution in [0.3, 0.4) is 0 Å². The Morgan fingerprint density at radius 3 is 2.50 bits per heavy atom. The minimum atomic E-state index is -0.956. The zero-order valence-corrected chi connectivity index (χ0v) is 11.3. The van der Waals surface area contributed by atoms with Crippen molar-refractivity contribution in [3.05, 3.63) is 0 Å². The normalized spacial score (nSPS) is 21.6. The summed E-state index contributed by atoms with van der Waals surface area (Å²) in [5.74, 6) is -0.277. The first-order valence-corrected chi connectivity index (χ1v) is 6.11. The number of halogens is 1. The topological polar surface area (TPSA) is 58.6 Å². The van der Waals surface area contributed by atoms with Crippen LogP contribution < -0.4 is 5.32 Å². The maximum atomic E-state index is 13.0. The molecule has 2 amide bonds. The SMILES string of the molecule is C[C@@H](NC(=O)OC(C)(C)C)C(=O)N1CC[C@@H](F)C1. The first-order valence-electron chi connectivity index (χ1n) is 6.11. The molecule has 0 unspecified atom stereocenters. The summed E-state index contributed by atoms with van der Waals surface area (Å²) in [6.07, 6.45) is -1.23. The van der Waals surface area contributed by atoms with E-state index in [0.717, 1.165) is 0 Å². The van der Waals surface area contributed by atoms with Crippen LogP contribution in [0.25, 0.3) is 0 Å². The van der Waals surface area contributed by atoms with Gasteiger partial charge in [0.15, 0.2) is 0 Å². The Kier molecular flexibility index (Phi) is 4.53. The van der Waals surface area contributed by atoms with E-state index in [9.17, 15) is 14.0 Å². The molecule has 0 aromatic carbocycles. The summed E-state index contributed by atoms with van der Waals surface area (Å²) in [5.41, 5.74) is -0.607. The lowest BCUT2D eigenvalue weighted by Gasteiger charge is -2.24. The van der Waals surface area contributed by atoms with Crippen LogP contribution in [0.15, 0.2) is 0 Å². The van der Waals surface area contributed by atoms with Crippen LogP contribution in [0.5, 0.6) is 0 Å². The van der Waals surface area contributed by atoms with Crippen molar-refractivity contribution in [2.45, 2.75) is 51.9 Å². The average Bonchev–Trinajstić information content (AvgIpc) is 2.60. The van der Waals surface area contributed by atoms with E-state index >= 15 is 0 Å². The minimum absolute atomic E-state index is 0.110. The third kappa shape index (κ3) is 4.50. The second kappa shape index (κ2) is 5.54. The maximum absolute atomic E-state index is 13.0. The van der Waals surface area contributed by atoms with E-state index in [1.165, 1.54) is 4.90 Å². The molecule has 0 aliphatic carbocycles. The minimum Gasteiger partial charge on any atom is -0.444 e. The molecule has 18 heavy (non-hydrogen) atoms. The van der Waals surface area contributed by atoms with Gasteiger partial charge in [-0.15, -0.1) is 0 Å². The van der Waals surface area contributed by atoms with Crippen LogP contribution in [0.1, 0.15) is 34.1 Å². The molecule has 1 fully saturated rings. The zero-order chi connectivity index (χ0) is 13.9. The second-order valence-electron chi connectivity index (χ2n) is 5.54. The number of alkyl carbamates (subject to hydrolysis) is 1. The third-order valence-corrected chi connectivity index (χ3v) is 2.55. The Morgan fingerprint density at radius 1 is 1.44 bits per heavy atom. The predicted molar refractivity (Wildman–Crippen MR) is 64.9 cm³/mol. The van der Waals surface area contributed by atoms with Gasteiger partial charge in [0.1, 0.15) is 17.8 Å². The van der Waals surface area contributed by atoms with Gasteiger partial charge < -0.3 is 15.0 Å². The molecule has 6 heteroatoms. The molecule has 1 aliphatic heterocycles. The number of carbonyl (C=O) groups excluding carboxylic acids is 2. The molecule has 0 saturated carbocycles. The Hall–Kier alpha value is -1.33. The molecule has 0 aromatic heterocycles. The number of nitrogens with one attached hydrogen (secondary N) is 1. The largest absolute Gasteiger partial charge is 0.444 e. The summed E-state index contributed by atoms with van der Waals surface area (Å²) in [5, 5.41) is 2.45. The fraction of sp³-hybridized carbons (Fsp3) is 0.833. The van der Waals surface area contributed by atoms with Crippen LogP contribution in [-0.4, -0.2) is 47.8 Å². The number of ether oxygens (including phenoxy) is 1. The van der Waals surface area contributed by atoms with Crippen LogP contribution in [0.4, 0.5) is 9.18 Å². The molecule has 1 rings (SSSR count). The molecule has 0 aromatic rings. The summed E-state index contributed by atoms with van der Waals surface area (Å²) >= 11 is 0. The zero-order valence-electron chi connectivity index (χ0n) is 11.3. The van der Waals surface area contributed by atoms with Crippen molar-refractivity contribution in [3.8, 4) is 0 Å². The number of rotatable bonds is 2. The Balaban J connectivity index is 2.43. The van der Waals surface area contributed by atoms with Crippen molar-refractivity contribution >= 4 is 12.0 Å². The van der Waals surface area contributed by atoms with Gasteiger partial charge in [-0.25, -0.2) is 9.18 Å². The van der Waals surface area contributed by atoms with Crippen molar-refractivity contribution in [3.63, 3.8) is 0 Å². The smallest absolute Gasteiger partial charge is 0.408 e. The first kappa shape index (κ1) is 14.7. The molecule has 1 N–H and O–H groups in total. The Labute approximate surface area is 107 Å². The maximum Gasteiger partial charge on any atom is 0.408 e. The van der Waals surface area contributed by atoms with Gasteiger partial charge in [-0.1, -0.05) is 0 Å². The van der Waals surface area contributed by atoms with E-state index in [2.05, 4.69) is 5.32 Å². The fourth-order valence-electron chi connectivity index (χ4n) is 1.74. The number of amides is 2. The van der Waals surface area contributed by atoms with Crippen molar-refractivity contribution < 1.29 is 18.7 Å². The van der Waals surface area contributed by atoms with Crippen molar-refractivity contribution in [1.82, 2.24) is 10.2 Å². The van der Waals surface area contributed by atoms with Crippen molar-refractivity contribution in [2.24, 2.45) is 0 Å². The number of alkyl halides is 1. The standard InChI is InChI=1S/C12H21FN2O3/c1-8(14-11(17)18-12(2,3)4)10(16)15-6-5-9(13)7-15/h8-9H,5-7H2,1-4H3,(H,14,17)/t8-,9-/m1/s1. The van der Waals surface area contributed by atoms with E-state index in [1.807, 2.05) is 0 Å². The second-order valence-corrected chi connectivity index (χ2v) is 5.54. The molecular formula is C12H21FN2O3. The lowest BCUT2D eigenvalue weighted by atomic mass is 10.2. The quantitative estimate of drug-likeness (QED) is 0.818. The average molecular weight is 260 g/mol. The summed E-state index contributed by atoms with van der Waals surface area (Å²) in [6.45, 7) is 7.31. The highest BCUT2D eigenvalue weighted by Crippen LogP contribution is 2.13. The fourth-order valence-corrected chi connectivity index (χ4v) is 1.74. The molecule has 1 aliphatic rings. The lowest BCUT2D eigenvalue weighted by Crippen LogP contribution is -2.47. The van der Waals surface area contributed by atoms with Gasteiger partial charge in [-0.2, -0.15) is 0 Å². The molecular weight excluding hydrogens is 239 g/mol. The Bertz CT molecular complexity index is 328. The molecule has 1 saturated heterocycles. The lowest BCUT2D eigenvalue weighted by molar-refractivity contribution is -0.132. The van der Waals surface area contributed by atoms with Crippen LogP contribution in [-0.2, 0) is 9.53 Å². The first-order chi connectivity index (χ1) is 8.19. The summed E-state index contributed by atoms with van der Waals surface area (Å²) < 4.78 is 18.0. The highest BCUT2D eigenvalue weighted by Gasteiger charge is 2.30. The van der Waals surface area contributed by atoms with Crippen LogP contribution in [0, 0.1) is 0 Å². The predicted octanol–water partition coefficient (Wildman–Crippen LogP) is 1.47. The van der Waals surface area contributed by atoms with E-state index < -0.39 is 23.9 Å². The number of hydrogen-bond donors (Lipinski definition) is 1. The van der Waals surface area contributed by atoms with Gasteiger partial charge in [-0.05, 0) is 34.1 Å². The molecule has 0 radical (unpaired) electrons. The van der Waals surface area contributed by atoms with E-state index in [1.54, 1.807) is 27.7 Å². The van der Waals surface area contributed by atoms with Gasteiger partial charge in [0.2, 0.25) is 5.91 Å². The Morgan fingerprint density at radius 2 is 2.06 bits per heavy atom.